The van der Waals surface area contributed by atoms with Gasteiger partial charge >= 0.3 is 6.18 Å². The maximum Gasteiger partial charge on any atom is 0.417 e. The highest BCUT2D eigenvalue weighted by Crippen LogP contribution is 2.39. The number of rotatable bonds is 6. The molecule has 3 heterocycles. The Labute approximate surface area is 198 Å². The second-order valence-electron chi connectivity index (χ2n) is 7.67. The predicted molar refractivity (Wildman–Crippen MR) is 124 cm³/mol. The number of aromatic nitrogens is 1. The Balaban J connectivity index is 1.51. The van der Waals surface area contributed by atoms with Gasteiger partial charge in [-0.1, -0.05) is 18.2 Å². The molecule has 1 saturated heterocycles. The normalized spacial score (nSPS) is 18.3. The number of nitrogens with zero attached hydrogens (tertiary/aromatic N) is 3. The summed E-state index contributed by atoms with van der Waals surface area (Å²) in [4.78, 5) is 7.02. The first-order valence-corrected chi connectivity index (χ1v) is 12.0. The maximum absolute atomic E-state index is 13.7. The number of halogens is 3. The van der Waals surface area contributed by atoms with Crippen LogP contribution >= 0.6 is 23.1 Å². The molecule has 1 aliphatic rings. The number of hydrogen-bond donors (Lipinski definition) is 1. The van der Waals surface area contributed by atoms with Crippen LogP contribution in [0.5, 0.6) is 0 Å². The summed E-state index contributed by atoms with van der Waals surface area (Å²) in [6.45, 7) is 0.547. The van der Waals surface area contributed by atoms with Crippen molar-refractivity contribution in [3.63, 3.8) is 0 Å². The molecule has 0 radical (unpaired) electrons. The van der Waals surface area contributed by atoms with Gasteiger partial charge < -0.3 is 9.64 Å². The highest BCUT2D eigenvalue weighted by Gasteiger charge is 2.36. The summed E-state index contributed by atoms with van der Waals surface area (Å²) in [6, 6.07) is 14.1. The molecule has 172 valence electrons. The number of thiophene rings is 1. The van der Waals surface area contributed by atoms with Crippen LogP contribution in [-0.4, -0.2) is 37.5 Å². The van der Waals surface area contributed by atoms with E-state index in [1.807, 2.05) is 43.3 Å². The van der Waals surface area contributed by atoms with Gasteiger partial charge in [-0.25, -0.2) is 4.98 Å². The molecule has 0 saturated carbocycles. The van der Waals surface area contributed by atoms with Crippen molar-refractivity contribution in [2.75, 3.05) is 31.3 Å². The van der Waals surface area contributed by atoms with Crippen molar-refractivity contribution in [1.29, 1.82) is 5.26 Å². The third kappa shape index (κ3) is 5.33. The molecule has 3 aromatic rings. The van der Waals surface area contributed by atoms with E-state index in [1.54, 1.807) is 23.6 Å². The van der Waals surface area contributed by atoms with Crippen LogP contribution in [0.15, 0.2) is 52.9 Å². The minimum absolute atomic E-state index is 0.0677. The topological polar surface area (TPSA) is 61.2 Å². The lowest BCUT2D eigenvalue weighted by Crippen LogP contribution is -2.17. The van der Waals surface area contributed by atoms with Gasteiger partial charge in [0.25, 0.3) is 0 Å². The van der Waals surface area contributed by atoms with E-state index in [0.29, 0.717) is 17.2 Å². The Bertz CT molecular complexity index is 1140. The summed E-state index contributed by atoms with van der Waals surface area (Å²) in [7, 11) is 3.93. The molecular formula is C23H21F3N4OS2. The summed E-state index contributed by atoms with van der Waals surface area (Å²) in [5.74, 6) is 0.367. The third-order valence-electron chi connectivity index (χ3n) is 5.15. The van der Waals surface area contributed by atoms with Gasteiger partial charge in [0.05, 0.1) is 27.8 Å². The molecule has 4 rings (SSSR count). The standard InChI is InChI=1S/C23H21F3N4OS2/c1-30(2)15-7-5-14(6-8-15)21-28-12-16(31-21)13-33-22-17(11-27)18(23(24,25)26)10-19(29-22)20-4-3-9-32-20/h3-10,16,21,28H,12-13H2,1-2H3/t16-,21-/m1/s1. The fourth-order valence-electron chi connectivity index (χ4n) is 3.45. The van der Waals surface area contributed by atoms with Gasteiger partial charge in [0.1, 0.15) is 17.3 Å². The monoisotopic (exact) mass is 490 g/mol. The molecule has 5 nitrogen and oxygen atoms in total. The van der Waals surface area contributed by atoms with Crippen LogP contribution in [0.3, 0.4) is 0 Å². The molecule has 2 atom stereocenters. The molecule has 0 aliphatic carbocycles. The van der Waals surface area contributed by atoms with Gasteiger partial charge in [-0.2, -0.15) is 18.4 Å². The van der Waals surface area contributed by atoms with Crippen molar-refractivity contribution in [3.05, 3.63) is 64.5 Å². The molecule has 0 unspecified atom stereocenters. The molecule has 10 heteroatoms. The zero-order valence-electron chi connectivity index (χ0n) is 17.9. The lowest BCUT2D eigenvalue weighted by molar-refractivity contribution is -0.138. The number of pyridine rings is 1. The van der Waals surface area contributed by atoms with E-state index in [9.17, 15) is 18.4 Å². The Morgan fingerprint density at radius 1 is 1.27 bits per heavy atom. The van der Waals surface area contributed by atoms with E-state index < -0.39 is 17.3 Å². The lowest BCUT2D eigenvalue weighted by Gasteiger charge is -2.16. The van der Waals surface area contributed by atoms with E-state index in [1.165, 1.54) is 11.3 Å². The van der Waals surface area contributed by atoms with E-state index in [0.717, 1.165) is 29.1 Å². The average molecular weight is 491 g/mol. The zero-order valence-corrected chi connectivity index (χ0v) is 19.5. The highest BCUT2D eigenvalue weighted by atomic mass is 32.2. The van der Waals surface area contributed by atoms with Crippen molar-refractivity contribution >= 4 is 28.8 Å². The maximum atomic E-state index is 13.7. The third-order valence-corrected chi connectivity index (χ3v) is 7.15. The first-order valence-electron chi connectivity index (χ1n) is 10.1. The summed E-state index contributed by atoms with van der Waals surface area (Å²) in [6.07, 6.45) is -5.18. The first-order chi connectivity index (χ1) is 15.8. The van der Waals surface area contributed by atoms with Crippen molar-refractivity contribution < 1.29 is 17.9 Å². The molecular weight excluding hydrogens is 469 g/mol. The largest absolute Gasteiger partial charge is 0.417 e. The molecule has 1 fully saturated rings. The molecule has 33 heavy (non-hydrogen) atoms. The van der Waals surface area contributed by atoms with Gasteiger partial charge in [-0.15, -0.1) is 23.1 Å². The molecule has 0 amide bonds. The molecule has 2 aromatic heterocycles. The number of nitrogens with one attached hydrogen (secondary N) is 1. The molecule has 1 aliphatic heterocycles. The van der Waals surface area contributed by atoms with Crippen molar-refractivity contribution in [1.82, 2.24) is 10.3 Å². The Hall–Kier alpha value is -2.58. The SMILES string of the molecule is CN(C)c1ccc([C@@H]2NC[C@H](CSc3nc(-c4cccs4)cc(C(F)(F)F)c3C#N)O2)cc1. The summed E-state index contributed by atoms with van der Waals surface area (Å²) in [5, 5.41) is 14.6. The van der Waals surface area contributed by atoms with Gasteiger partial charge in [0.2, 0.25) is 0 Å². The highest BCUT2D eigenvalue weighted by molar-refractivity contribution is 7.99. The smallest absolute Gasteiger partial charge is 0.378 e. The quantitative estimate of drug-likeness (QED) is 0.458. The first kappa shape index (κ1) is 23.6. The number of benzene rings is 1. The van der Waals surface area contributed by atoms with Gasteiger partial charge in [-0.3, -0.25) is 5.32 Å². The fraction of sp³-hybridized carbons (Fsp3) is 0.304. The minimum Gasteiger partial charge on any atom is -0.378 e. The number of hydrogen-bond acceptors (Lipinski definition) is 7. The Kier molecular flexibility index (Phi) is 6.95. The van der Waals surface area contributed by atoms with Crippen LogP contribution in [0.4, 0.5) is 18.9 Å². The van der Waals surface area contributed by atoms with E-state index in [2.05, 4.69) is 10.3 Å². The molecule has 1 N–H and O–H groups in total. The zero-order chi connectivity index (χ0) is 23.6. The number of thioether (sulfide) groups is 1. The van der Waals surface area contributed by atoms with Crippen LogP contribution in [0.25, 0.3) is 10.6 Å². The predicted octanol–water partition coefficient (Wildman–Crippen LogP) is 5.55. The second-order valence-corrected chi connectivity index (χ2v) is 9.62. The average Bonchev–Trinajstić information content (AvgIpc) is 3.49. The molecule has 0 bridgehead atoms. The van der Waals surface area contributed by atoms with Crippen LogP contribution < -0.4 is 10.2 Å². The van der Waals surface area contributed by atoms with E-state index in [4.69, 9.17) is 4.74 Å². The Morgan fingerprint density at radius 3 is 2.64 bits per heavy atom. The number of nitriles is 1. The lowest BCUT2D eigenvalue weighted by atomic mass is 10.1. The van der Waals surface area contributed by atoms with Crippen LogP contribution in [-0.2, 0) is 10.9 Å². The van der Waals surface area contributed by atoms with Gasteiger partial charge in [0, 0.05) is 32.1 Å². The van der Waals surface area contributed by atoms with Crippen LogP contribution in [0.1, 0.15) is 22.9 Å². The molecule has 0 spiro atoms. The number of anilines is 1. The minimum atomic E-state index is -4.65. The Morgan fingerprint density at radius 2 is 2.03 bits per heavy atom. The van der Waals surface area contributed by atoms with E-state index >= 15 is 0 Å². The van der Waals surface area contributed by atoms with Crippen molar-refractivity contribution in [3.8, 4) is 16.6 Å². The second kappa shape index (κ2) is 9.73. The molecule has 1 aromatic carbocycles. The van der Waals surface area contributed by atoms with E-state index in [-0.39, 0.29) is 23.1 Å². The number of ether oxygens (including phenoxy) is 1. The van der Waals surface area contributed by atoms with Crippen LogP contribution in [0, 0.1) is 11.3 Å². The summed E-state index contributed by atoms with van der Waals surface area (Å²) >= 11 is 2.42. The van der Waals surface area contributed by atoms with Gasteiger partial charge in [-0.05, 0) is 35.2 Å². The summed E-state index contributed by atoms with van der Waals surface area (Å²) < 4.78 is 47.1. The summed E-state index contributed by atoms with van der Waals surface area (Å²) in [5.41, 5.74) is 0.848. The van der Waals surface area contributed by atoms with Crippen LogP contribution in [0.2, 0.25) is 0 Å². The fourth-order valence-corrected chi connectivity index (χ4v) is 5.14. The van der Waals surface area contributed by atoms with Gasteiger partial charge in [0.15, 0.2) is 0 Å². The van der Waals surface area contributed by atoms with Crippen molar-refractivity contribution in [2.24, 2.45) is 0 Å². The number of alkyl halides is 3. The van der Waals surface area contributed by atoms with Crippen molar-refractivity contribution in [2.45, 2.75) is 23.5 Å².